The number of ether oxygens (including phenoxy) is 2. The van der Waals surface area contributed by atoms with Gasteiger partial charge < -0.3 is 9.47 Å². The van der Waals surface area contributed by atoms with Crippen LogP contribution >= 0.6 is 0 Å². The van der Waals surface area contributed by atoms with Crippen LogP contribution in [0.15, 0.2) is 59.9 Å². The number of nitrogens with zero attached hydrogens (tertiary/aromatic N) is 1. The highest BCUT2D eigenvalue weighted by molar-refractivity contribution is 5.91. The van der Waals surface area contributed by atoms with E-state index in [0.29, 0.717) is 5.57 Å². The van der Waals surface area contributed by atoms with Crippen LogP contribution in [0.2, 0.25) is 0 Å². The SMILES string of the molecule is CO/C(C)=C(C)\C=C(/C)c1ccc(/C(C#N)=C/c2ccc(C)cc2OC)cc1. The van der Waals surface area contributed by atoms with Crippen molar-refractivity contribution in [3.05, 3.63) is 82.1 Å². The zero-order chi connectivity index (χ0) is 20.7. The maximum atomic E-state index is 9.65. The van der Waals surface area contributed by atoms with Crippen molar-refractivity contribution in [2.24, 2.45) is 0 Å². The molecular weight excluding hydrogens is 346 g/mol. The predicted molar refractivity (Wildman–Crippen MR) is 117 cm³/mol. The Bertz CT molecular complexity index is 971. The summed E-state index contributed by atoms with van der Waals surface area (Å²) in [4.78, 5) is 0. The van der Waals surface area contributed by atoms with E-state index in [-0.39, 0.29) is 0 Å². The van der Waals surface area contributed by atoms with E-state index in [2.05, 4.69) is 19.1 Å². The molecule has 0 fully saturated rings. The van der Waals surface area contributed by atoms with Gasteiger partial charge in [0.1, 0.15) is 5.75 Å². The van der Waals surface area contributed by atoms with Crippen molar-refractivity contribution in [1.29, 1.82) is 5.26 Å². The van der Waals surface area contributed by atoms with Crippen molar-refractivity contribution < 1.29 is 9.47 Å². The molecule has 0 N–H and O–H groups in total. The Balaban J connectivity index is 2.36. The van der Waals surface area contributed by atoms with Gasteiger partial charge in [0, 0.05) is 5.56 Å². The smallest absolute Gasteiger partial charge is 0.126 e. The average molecular weight is 373 g/mol. The lowest BCUT2D eigenvalue weighted by molar-refractivity contribution is 0.290. The Labute approximate surface area is 168 Å². The van der Waals surface area contributed by atoms with Crippen LogP contribution in [0, 0.1) is 18.3 Å². The number of methoxy groups -OCH3 is 2. The van der Waals surface area contributed by atoms with Crippen molar-refractivity contribution in [2.45, 2.75) is 27.7 Å². The van der Waals surface area contributed by atoms with Gasteiger partial charge in [-0.05, 0) is 67.7 Å². The van der Waals surface area contributed by atoms with E-state index in [1.165, 1.54) is 0 Å². The molecule has 0 aromatic heterocycles. The molecule has 3 heteroatoms. The van der Waals surface area contributed by atoms with E-state index in [0.717, 1.165) is 44.9 Å². The molecule has 0 unspecified atom stereocenters. The molecule has 0 heterocycles. The molecule has 2 rings (SSSR count). The van der Waals surface area contributed by atoms with Crippen LogP contribution in [-0.2, 0) is 4.74 Å². The van der Waals surface area contributed by atoms with Crippen LogP contribution in [-0.4, -0.2) is 14.2 Å². The molecule has 0 aliphatic carbocycles. The number of hydrogen-bond donors (Lipinski definition) is 0. The summed E-state index contributed by atoms with van der Waals surface area (Å²) in [5.41, 5.74) is 6.82. The Morgan fingerprint density at radius 1 is 0.964 bits per heavy atom. The Morgan fingerprint density at radius 3 is 2.18 bits per heavy atom. The maximum Gasteiger partial charge on any atom is 0.126 e. The summed E-state index contributed by atoms with van der Waals surface area (Å²) in [7, 11) is 3.32. The molecule has 0 aliphatic rings. The fraction of sp³-hybridized carbons (Fsp3) is 0.240. The number of allylic oxidation sites excluding steroid dienone is 5. The largest absolute Gasteiger partial charge is 0.501 e. The van der Waals surface area contributed by atoms with Crippen LogP contribution in [0.5, 0.6) is 5.75 Å². The van der Waals surface area contributed by atoms with Gasteiger partial charge in [0.25, 0.3) is 0 Å². The fourth-order valence-electron chi connectivity index (χ4n) is 2.86. The van der Waals surface area contributed by atoms with Gasteiger partial charge >= 0.3 is 0 Å². The summed E-state index contributed by atoms with van der Waals surface area (Å²) < 4.78 is 10.7. The molecule has 0 bridgehead atoms. The summed E-state index contributed by atoms with van der Waals surface area (Å²) in [6, 6.07) is 16.3. The minimum Gasteiger partial charge on any atom is -0.501 e. The molecule has 0 saturated heterocycles. The van der Waals surface area contributed by atoms with Crippen LogP contribution in [0.25, 0.3) is 17.2 Å². The number of benzene rings is 2. The summed E-state index contributed by atoms with van der Waals surface area (Å²) in [6.45, 7) is 8.06. The highest BCUT2D eigenvalue weighted by atomic mass is 16.5. The lowest BCUT2D eigenvalue weighted by atomic mass is 9.98. The van der Waals surface area contributed by atoms with Crippen molar-refractivity contribution in [3.63, 3.8) is 0 Å². The molecule has 28 heavy (non-hydrogen) atoms. The minimum absolute atomic E-state index is 0.599. The average Bonchev–Trinajstić information content (AvgIpc) is 2.72. The predicted octanol–water partition coefficient (Wildman–Crippen LogP) is 6.41. The first-order valence-corrected chi connectivity index (χ1v) is 9.16. The molecule has 0 radical (unpaired) electrons. The van der Waals surface area contributed by atoms with Crippen molar-refractivity contribution in [3.8, 4) is 11.8 Å². The standard InChI is InChI=1S/C25H27NO2/c1-17-7-8-23(25(13-17)28-6)15-24(16-26)22-11-9-21(10-12-22)19(3)14-18(2)20(4)27-5/h7-15H,1-6H3/b19-14+,20-18-,24-15+. The third-order valence-corrected chi connectivity index (χ3v) is 4.76. The minimum atomic E-state index is 0.599. The molecule has 0 aliphatic heterocycles. The molecule has 3 nitrogen and oxygen atoms in total. The van der Waals surface area contributed by atoms with E-state index in [9.17, 15) is 5.26 Å². The van der Waals surface area contributed by atoms with Gasteiger partial charge in [0.15, 0.2) is 0 Å². The summed E-state index contributed by atoms with van der Waals surface area (Å²) in [6.07, 6.45) is 3.97. The number of hydrogen-bond acceptors (Lipinski definition) is 3. The Morgan fingerprint density at radius 2 is 1.61 bits per heavy atom. The number of nitriles is 1. The molecule has 2 aromatic rings. The maximum absolute atomic E-state index is 9.65. The first-order chi connectivity index (χ1) is 13.4. The van der Waals surface area contributed by atoms with E-state index in [1.807, 2.05) is 69.3 Å². The first-order valence-electron chi connectivity index (χ1n) is 9.16. The van der Waals surface area contributed by atoms with Gasteiger partial charge in [0.05, 0.1) is 31.6 Å². The van der Waals surface area contributed by atoms with E-state index < -0.39 is 0 Å². The van der Waals surface area contributed by atoms with Crippen molar-refractivity contribution in [2.75, 3.05) is 14.2 Å². The summed E-state index contributed by atoms with van der Waals surface area (Å²) in [5.74, 6) is 1.66. The molecule has 0 saturated carbocycles. The summed E-state index contributed by atoms with van der Waals surface area (Å²) in [5, 5.41) is 9.65. The topological polar surface area (TPSA) is 42.2 Å². The van der Waals surface area contributed by atoms with Crippen LogP contribution in [0.3, 0.4) is 0 Å². The zero-order valence-electron chi connectivity index (χ0n) is 17.5. The molecule has 0 atom stereocenters. The van der Waals surface area contributed by atoms with Crippen molar-refractivity contribution >= 4 is 17.2 Å². The fourth-order valence-corrected chi connectivity index (χ4v) is 2.86. The van der Waals surface area contributed by atoms with Crippen LogP contribution in [0.1, 0.15) is 43.0 Å². The van der Waals surface area contributed by atoms with Crippen LogP contribution in [0.4, 0.5) is 0 Å². The van der Waals surface area contributed by atoms with Gasteiger partial charge in [-0.1, -0.05) is 42.5 Å². The van der Waals surface area contributed by atoms with Gasteiger partial charge in [-0.2, -0.15) is 5.26 Å². The summed E-state index contributed by atoms with van der Waals surface area (Å²) >= 11 is 0. The Kier molecular flexibility index (Phi) is 7.23. The molecular formula is C25H27NO2. The lowest BCUT2D eigenvalue weighted by Gasteiger charge is -2.08. The van der Waals surface area contributed by atoms with Gasteiger partial charge in [0.2, 0.25) is 0 Å². The molecule has 144 valence electrons. The second-order valence-corrected chi connectivity index (χ2v) is 6.76. The lowest BCUT2D eigenvalue weighted by Crippen LogP contribution is -1.90. The zero-order valence-corrected chi connectivity index (χ0v) is 17.5. The normalized spacial score (nSPS) is 12.9. The molecule has 0 spiro atoms. The third-order valence-electron chi connectivity index (χ3n) is 4.76. The second-order valence-electron chi connectivity index (χ2n) is 6.76. The number of rotatable bonds is 6. The third kappa shape index (κ3) is 5.14. The first kappa shape index (κ1) is 21.1. The Hall–Kier alpha value is -3.25. The second kappa shape index (κ2) is 9.62. The quantitative estimate of drug-likeness (QED) is 0.254. The van der Waals surface area contributed by atoms with E-state index in [4.69, 9.17) is 9.47 Å². The van der Waals surface area contributed by atoms with Gasteiger partial charge in [-0.25, -0.2) is 0 Å². The number of aryl methyl sites for hydroxylation is 1. The van der Waals surface area contributed by atoms with Gasteiger partial charge in [-0.15, -0.1) is 0 Å². The monoisotopic (exact) mass is 373 g/mol. The van der Waals surface area contributed by atoms with Gasteiger partial charge in [-0.3, -0.25) is 0 Å². The highest BCUT2D eigenvalue weighted by Gasteiger charge is 2.06. The molecule has 2 aromatic carbocycles. The van der Waals surface area contributed by atoms with Crippen molar-refractivity contribution in [1.82, 2.24) is 0 Å². The van der Waals surface area contributed by atoms with Crippen LogP contribution < -0.4 is 4.74 Å². The highest BCUT2D eigenvalue weighted by Crippen LogP contribution is 2.27. The van der Waals surface area contributed by atoms with E-state index >= 15 is 0 Å². The van der Waals surface area contributed by atoms with E-state index in [1.54, 1.807) is 14.2 Å². The molecule has 0 amide bonds.